The first-order chi connectivity index (χ1) is 19.9. The Morgan fingerprint density at radius 2 is 1.79 bits per heavy atom. The van der Waals surface area contributed by atoms with E-state index in [9.17, 15) is 23.9 Å². The lowest BCUT2D eigenvalue weighted by Gasteiger charge is -2.35. The lowest BCUT2D eigenvalue weighted by atomic mass is 9.85. The fourth-order valence-electron chi connectivity index (χ4n) is 6.61. The summed E-state index contributed by atoms with van der Waals surface area (Å²) in [7, 11) is 0. The van der Waals surface area contributed by atoms with Crippen LogP contribution in [0.1, 0.15) is 78.3 Å². The number of halogens is 1. The zero-order valence-corrected chi connectivity index (χ0v) is 24.8. The second-order valence-electron chi connectivity index (χ2n) is 13.1. The first-order valence-corrected chi connectivity index (χ1v) is 15.1. The molecule has 5 rings (SSSR count). The zero-order valence-electron chi connectivity index (χ0n) is 24.8. The number of hydrogen-bond donors (Lipinski definition) is 2. The standard InChI is InChI=1S/C31H41FN4O6/c1-17-24-16-36(25(17)29(38)39)28(37)26(31(2,3)4)35-30(40)42-23-12-8-10-18(23)9-6-5-7-11-21-27(41-24)34-22-15-19(32)13-14-20(22)33-21/h13-15,17-18,23-26H,5-12,16H2,1-4H3,(H,35,40)(H,38,39)/t17-,18-,23-,24+,25+,26-/m1/s1. The molecule has 1 saturated carbocycles. The van der Waals surface area contributed by atoms with E-state index >= 15 is 0 Å². The Balaban J connectivity index is 1.52. The first-order valence-electron chi connectivity index (χ1n) is 15.1. The second kappa shape index (κ2) is 12.0. The molecule has 11 heteroatoms. The molecule has 2 fully saturated rings. The molecule has 6 atom stereocenters. The number of rotatable bonds is 1. The molecular formula is C31H41FN4O6. The van der Waals surface area contributed by atoms with Gasteiger partial charge in [0.05, 0.1) is 17.6 Å². The summed E-state index contributed by atoms with van der Waals surface area (Å²) in [4.78, 5) is 50.2. The number of carbonyl (C=O) groups excluding carboxylic acids is 2. The highest BCUT2D eigenvalue weighted by atomic mass is 19.1. The molecule has 42 heavy (non-hydrogen) atoms. The summed E-state index contributed by atoms with van der Waals surface area (Å²) in [6.45, 7) is 7.16. The van der Waals surface area contributed by atoms with Gasteiger partial charge in [0.15, 0.2) is 0 Å². The number of ether oxygens (including phenoxy) is 2. The maximum atomic E-state index is 14.0. The van der Waals surface area contributed by atoms with E-state index in [1.165, 1.54) is 17.0 Å². The van der Waals surface area contributed by atoms with Gasteiger partial charge in [-0.25, -0.2) is 23.9 Å². The third-order valence-electron chi connectivity index (χ3n) is 8.97. The summed E-state index contributed by atoms with van der Waals surface area (Å²) in [6, 6.07) is 2.03. The average molecular weight is 585 g/mol. The number of carbonyl (C=O) groups is 3. The van der Waals surface area contributed by atoms with E-state index in [0.29, 0.717) is 23.1 Å². The Labute approximate surface area is 245 Å². The quantitative estimate of drug-likeness (QED) is 0.485. The largest absolute Gasteiger partial charge is 0.480 e. The van der Waals surface area contributed by atoms with Crippen LogP contribution in [0.25, 0.3) is 11.0 Å². The number of benzene rings is 1. The molecule has 2 bridgehead atoms. The second-order valence-corrected chi connectivity index (χ2v) is 13.1. The molecule has 3 aliphatic rings. The minimum absolute atomic E-state index is 0.0206. The topological polar surface area (TPSA) is 131 Å². The predicted octanol–water partition coefficient (Wildman–Crippen LogP) is 4.87. The van der Waals surface area contributed by atoms with Crippen molar-refractivity contribution < 1.29 is 33.4 Å². The molecular weight excluding hydrogens is 543 g/mol. The molecule has 1 aliphatic carbocycles. The Hall–Kier alpha value is -3.50. The van der Waals surface area contributed by atoms with Gasteiger partial charge in [-0.05, 0) is 62.0 Å². The highest BCUT2D eigenvalue weighted by molar-refractivity contribution is 5.90. The normalized spacial score (nSPS) is 29.5. The van der Waals surface area contributed by atoms with Crippen molar-refractivity contribution in [2.75, 3.05) is 6.54 Å². The van der Waals surface area contributed by atoms with Gasteiger partial charge in [0.1, 0.15) is 35.8 Å². The molecule has 2 N–H and O–H groups in total. The van der Waals surface area contributed by atoms with Gasteiger partial charge in [-0.2, -0.15) is 0 Å². The summed E-state index contributed by atoms with van der Waals surface area (Å²) < 4.78 is 26.3. The SMILES string of the molecule is C[C@@H]1[C@@H]2CN(C(=O)[C@H](C(C)(C)C)NC(=O)O[C@@H]3CCC[C@H]3CCCCCc3nc4ccc(F)cc4nc3O2)[C@@H]1C(=O)O. The molecule has 10 nitrogen and oxygen atoms in total. The molecule has 2 aromatic rings. The smallest absolute Gasteiger partial charge is 0.408 e. The minimum atomic E-state index is -1.18. The Morgan fingerprint density at radius 3 is 2.52 bits per heavy atom. The highest BCUT2D eigenvalue weighted by Crippen LogP contribution is 2.35. The highest BCUT2D eigenvalue weighted by Gasteiger charge is 2.50. The average Bonchev–Trinajstić information content (AvgIpc) is 3.49. The molecule has 2 aliphatic heterocycles. The van der Waals surface area contributed by atoms with Crippen molar-refractivity contribution in [1.29, 1.82) is 0 Å². The van der Waals surface area contributed by atoms with Gasteiger partial charge in [0, 0.05) is 12.0 Å². The van der Waals surface area contributed by atoms with Gasteiger partial charge in [-0.15, -0.1) is 0 Å². The third kappa shape index (κ3) is 6.29. The monoisotopic (exact) mass is 584 g/mol. The van der Waals surface area contributed by atoms with Crippen molar-refractivity contribution in [3.05, 3.63) is 29.7 Å². The molecule has 0 radical (unpaired) electrons. The lowest BCUT2D eigenvalue weighted by Crippen LogP contribution is -2.57. The molecule has 1 saturated heterocycles. The number of alkyl carbamates (subject to hydrolysis) is 1. The molecule has 0 spiro atoms. The van der Waals surface area contributed by atoms with Crippen LogP contribution >= 0.6 is 0 Å². The van der Waals surface area contributed by atoms with Crippen molar-refractivity contribution in [3.8, 4) is 5.88 Å². The minimum Gasteiger partial charge on any atom is -0.480 e. The van der Waals surface area contributed by atoms with Crippen LogP contribution in [0, 0.1) is 23.1 Å². The molecule has 0 unspecified atom stereocenters. The van der Waals surface area contributed by atoms with E-state index < -0.39 is 53.3 Å². The fraction of sp³-hybridized carbons (Fsp3) is 0.645. The summed E-state index contributed by atoms with van der Waals surface area (Å²) >= 11 is 0. The van der Waals surface area contributed by atoms with Crippen molar-refractivity contribution >= 4 is 29.0 Å². The van der Waals surface area contributed by atoms with E-state index in [2.05, 4.69) is 10.3 Å². The molecule has 1 aromatic carbocycles. The summed E-state index contributed by atoms with van der Waals surface area (Å²) in [5.74, 6) is -2.24. The van der Waals surface area contributed by atoms with E-state index in [4.69, 9.17) is 14.5 Å². The van der Waals surface area contributed by atoms with Crippen LogP contribution in [0.4, 0.5) is 9.18 Å². The van der Waals surface area contributed by atoms with Crippen LogP contribution in [0.3, 0.4) is 0 Å². The molecule has 2 amide bonds. The number of hydrogen-bond acceptors (Lipinski definition) is 7. The van der Waals surface area contributed by atoms with E-state index in [-0.39, 0.29) is 24.4 Å². The van der Waals surface area contributed by atoms with Crippen LogP contribution in [-0.4, -0.2) is 68.8 Å². The number of aryl methyl sites for hydroxylation is 1. The van der Waals surface area contributed by atoms with Crippen molar-refractivity contribution in [3.63, 3.8) is 0 Å². The molecule has 228 valence electrons. The fourth-order valence-corrected chi connectivity index (χ4v) is 6.61. The van der Waals surface area contributed by atoms with Gasteiger partial charge in [-0.3, -0.25) is 4.79 Å². The van der Waals surface area contributed by atoms with E-state index in [0.717, 1.165) is 44.9 Å². The Kier molecular flexibility index (Phi) is 8.57. The van der Waals surface area contributed by atoms with Crippen molar-refractivity contribution in [1.82, 2.24) is 20.2 Å². The van der Waals surface area contributed by atoms with Gasteiger partial charge < -0.3 is 24.8 Å². The summed E-state index contributed by atoms with van der Waals surface area (Å²) in [6.07, 6.45) is 5.41. The predicted molar refractivity (Wildman–Crippen MR) is 152 cm³/mol. The van der Waals surface area contributed by atoms with Crippen molar-refractivity contribution in [2.24, 2.45) is 17.3 Å². The van der Waals surface area contributed by atoms with Crippen LogP contribution in [0.2, 0.25) is 0 Å². The first kappa shape index (κ1) is 30.0. The van der Waals surface area contributed by atoms with Crippen LogP contribution in [0.5, 0.6) is 5.88 Å². The van der Waals surface area contributed by atoms with Crippen molar-refractivity contribution in [2.45, 2.75) is 103 Å². The summed E-state index contributed by atoms with van der Waals surface area (Å²) in [5, 5.41) is 13.0. The number of carboxylic acids is 1. The number of nitrogens with one attached hydrogen (secondary N) is 1. The Bertz CT molecular complexity index is 1350. The van der Waals surface area contributed by atoms with Gasteiger partial charge in [0.25, 0.3) is 0 Å². The lowest BCUT2D eigenvalue weighted by molar-refractivity contribution is -0.151. The van der Waals surface area contributed by atoms with E-state index in [1.54, 1.807) is 13.0 Å². The Morgan fingerprint density at radius 1 is 1.02 bits per heavy atom. The maximum absolute atomic E-state index is 14.0. The van der Waals surface area contributed by atoms with Crippen LogP contribution in [0.15, 0.2) is 18.2 Å². The van der Waals surface area contributed by atoms with Gasteiger partial charge >= 0.3 is 12.1 Å². The number of carboxylic acid groups (broad SMARTS) is 1. The summed E-state index contributed by atoms with van der Waals surface area (Å²) in [5.41, 5.74) is 0.793. The van der Waals surface area contributed by atoms with Gasteiger partial charge in [0.2, 0.25) is 11.8 Å². The number of aliphatic carboxylic acids is 1. The molecule has 3 heterocycles. The van der Waals surface area contributed by atoms with Gasteiger partial charge in [-0.1, -0.05) is 40.5 Å². The molecule has 1 aromatic heterocycles. The third-order valence-corrected chi connectivity index (χ3v) is 8.97. The van der Waals surface area contributed by atoms with Crippen LogP contribution < -0.4 is 10.1 Å². The number of amides is 2. The zero-order chi connectivity index (χ0) is 30.2. The maximum Gasteiger partial charge on any atom is 0.408 e. The number of nitrogens with zero attached hydrogens (tertiary/aromatic N) is 3. The number of aromatic nitrogens is 2. The van der Waals surface area contributed by atoms with E-state index in [1.807, 2.05) is 20.8 Å². The number of fused-ring (bicyclic) bond motifs is 5. The van der Waals surface area contributed by atoms with Crippen LogP contribution in [-0.2, 0) is 20.7 Å².